The third kappa shape index (κ3) is 3.12. The normalized spacial score (nSPS) is 19.8. The highest BCUT2D eigenvalue weighted by Gasteiger charge is 2.27. The average molecular weight is 318 g/mol. The van der Waals surface area contributed by atoms with Gasteiger partial charge in [0.25, 0.3) is 0 Å². The molecule has 1 unspecified atom stereocenters. The maximum atomic E-state index is 11.4. The van der Waals surface area contributed by atoms with E-state index >= 15 is 0 Å². The lowest BCUT2D eigenvalue weighted by atomic mass is 10.0. The van der Waals surface area contributed by atoms with Crippen molar-refractivity contribution in [2.24, 2.45) is 0 Å². The molecule has 1 aliphatic rings. The smallest absolute Gasteiger partial charge is 0.347 e. The van der Waals surface area contributed by atoms with Crippen LogP contribution in [0, 0.1) is 0 Å². The molecule has 112 valence electrons. The highest BCUT2D eigenvalue weighted by atomic mass is 32.2. The number of sulfone groups is 1. The number of hydrogen-bond donors (Lipinski definition) is 1. The third-order valence-electron chi connectivity index (χ3n) is 3.53. The molecule has 0 bridgehead atoms. The fourth-order valence-electron chi connectivity index (χ4n) is 2.04. The molecule has 1 aromatic rings. The molecule has 0 amide bonds. The molecule has 8 heteroatoms. The topological polar surface area (TPSA) is 87.6 Å². The summed E-state index contributed by atoms with van der Waals surface area (Å²) < 4.78 is 22.8. The second-order valence-electron chi connectivity index (χ2n) is 4.96. The number of aromatic carboxylic acids is 1. The van der Waals surface area contributed by atoms with Crippen molar-refractivity contribution >= 4 is 32.3 Å². The molecule has 1 aliphatic heterocycles. The second-order valence-corrected chi connectivity index (χ2v) is 8.25. The zero-order chi connectivity index (χ0) is 14.9. The number of carbonyl (C=O) groups is 1. The Morgan fingerprint density at radius 3 is 2.55 bits per heavy atom. The summed E-state index contributed by atoms with van der Waals surface area (Å²) in [6, 6.07) is 0. The van der Waals surface area contributed by atoms with Gasteiger partial charge in [0.15, 0.2) is 15.0 Å². The first-order chi connectivity index (χ1) is 9.34. The number of carboxylic acid groups (broad SMARTS) is 1. The molecule has 0 radical (unpaired) electrons. The van der Waals surface area contributed by atoms with E-state index in [1.807, 2.05) is 18.7 Å². The number of hydrogen-bond acceptors (Lipinski definition) is 6. The van der Waals surface area contributed by atoms with Crippen LogP contribution in [0.2, 0.25) is 0 Å². The molecule has 1 N–H and O–H groups in total. The van der Waals surface area contributed by atoms with E-state index in [9.17, 15) is 18.3 Å². The standard InChI is InChI=1S/C12H18N2O4S2/c1-3-8(2)9-10(11(15)16)19-12(13-9)14-4-6-20(17,18)7-5-14/h8H,3-7H2,1-2H3,(H,15,16). The summed E-state index contributed by atoms with van der Waals surface area (Å²) >= 11 is 1.14. The number of rotatable bonds is 4. The highest BCUT2D eigenvalue weighted by molar-refractivity contribution is 7.91. The van der Waals surface area contributed by atoms with Gasteiger partial charge in [-0.1, -0.05) is 25.2 Å². The van der Waals surface area contributed by atoms with Crippen molar-refractivity contribution < 1.29 is 18.3 Å². The minimum Gasteiger partial charge on any atom is -0.477 e. The summed E-state index contributed by atoms with van der Waals surface area (Å²) in [4.78, 5) is 17.9. The average Bonchev–Trinajstić information content (AvgIpc) is 2.83. The second kappa shape index (κ2) is 5.69. The summed E-state index contributed by atoms with van der Waals surface area (Å²) in [5.74, 6) is -0.672. The van der Waals surface area contributed by atoms with Gasteiger partial charge in [0.1, 0.15) is 4.88 Å². The van der Waals surface area contributed by atoms with Crippen LogP contribution in [0.15, 0.2) is 0 Å². The number of nitrogens with zero attached hydrogens (tertiary/aromatic N) is 2. The molecular weight excluding hydrogens is 300 g/mol. The lowest BCUT2D eigenvalue weighted by Gasteiger charge is -2.25. The van der Waals surface area contributed by atoms with Crippen LogP contribution in [0.4, 0.5) is 5.13 Å². The van der Waals surface area contributed by atoms with E-state index in [0.29, 0.717) is 23.9 Å². The van der Waals surface area contributed by atoms with Crippen LogP contribution >= 0.6 is 11.3 Å². The van der Waals surface area contributed by atoms with Crippen LogP contribution in [0.25, 0.3) is 0 Å². The van der Waals surface area contributed by atoms with Gasteiger partial charge in [-0.25, -0.2) is 18.2 Å². The summed E-state index contributed by atoms with van der Waals surface area (Å²) in [5, 5.41) is 9.88. The molecule has 1 aromatic heterocycles. The molecule has 0 saturated carbocycles. The van der Waals surface area contributed by atoms with Crippen LogP contribution in [0.3, 0.4) is 0 Å². The van der Waals surface area contributed by atoms with Gasteiger partial charge in [-0.05, 0) is 12.3 Å². The van der Waals surface area contributed by atoms with Gasteiger partial charge in [-0.3, -0.25) is 0 Å². The van der Waals surface area contributed by atoms with Gasteiger partial charge in [0.05, 0.1) is 17.2 Å². The first-order valence-electron chi connectivity index (χ1n) is 6.53. The van der Waals surface area contributed by atoms with Crippen molar-refractivity contribution in [2.45, 2.75) is 26.2 Å². The fourth-order valence-corrected chi connectivity index (χ4v) is 4.32. The molecule has 0 spiro atoms. The van der Waals surface area contributed by atoms with Crippen LogP contribution in [0.1, 0.15) is 41.6 Å². The Hall–Kier alpha value is -1.15. The molecule has 20 heavy (non-hydrogen) atoms. The SMILES string of the molecule is CCC(C)c1nc(N2CCS(=O)(=O)CC2)sc1C(=O)O. The molecule has 2 rings (SSSR count). The van der Waals surface area contributed by atoms with E-state index < -0.39 is 15.8 Å². The molecular formula is C12H18N2O4S2. The van der Waals surface area contributed by atoms with Crippen LogP contribution in [-0.2, 0) is 9.84 Å². The third-order valence-corrected chi connectivity index (χ3v) is 6.26. The van der Waals surface area contributed by atoms with Gasteiger partial charge in [-0.15, -0.1) is 0 Å². The summed E-state index contributed by atoms with van der Waals surface area (Å²) in [6.07, 6.45) is 0.817. The largest absolute Gasteiger partial charge is 0.477 e. The van der Waals surface area contributed by atoms with Crippen molar-refractivity contribution in [2.75, 3.05) is 29.5 Å². The molecule has 1 fully saturated rings. The molecule has 2 heterocycles. The van der Waals surface area contributed by atoms with Crippen LogP contribution < -0.4 is 4.90 Å². The van der Waals surface area contributed by atoms with Crippen molar-refractivity contribution in [1.29, 1.82) is 0 Å². The van der Waals surface area contributed by atoms with E-state index in [4.69, 9.17) is 0 Å². The van der Waals surface area contributed by atoms with E-state index in [2.05, 4.69) is 4.98 Å². The Bertz CT molecular complexity index is 595. The maximum Gasteiger partial charge on any atom is 0.347 e. The van der Waals surface area contributed by atoms with E-state index in [1.54, 1.807) is 0 Å². The van der Waals surface area contributed by atoms with Gasteiger partial charge >= 0.3 is 5.97 Å². The Kier molecular flexibility index (Phi) is 4.33. The van der Waals surface area contributed by atoms with Crippen molar-refractivity contribution in [3.63, 3.8) is 0 Å². The number of carboxylic acids is 1. The van der Waals surface area contributed by atoms with Gasteiger partial charge < -0.3 is 10.0 Å². The van der Waals surface area contributed by atoms with E-state index in [0.717, 1.165) is 17.8 Å². The zero-order valence-corrected chi connectivity index (χ0v) is 13.1. The highest BCUT2D eigenvalue weighted by Crippen LogP contribution is 2.32. The minimum absolute atomic E-state index is 0.0830. The first kappa shape index (κ1) is 15.2. The fraction of sp³-hybridized carbons (Fsp3) is 0.667. The van der Waals surface area contributed by atoms with Gasteiger partial charge in [0, 0.05) is 13.1 Å². The first-order valence-corrected chi connectivity index (χ1v) is 9.17. The predicted molar refractivity (Wildman–Crippen MR) is 78.6 cm³/mol. The van der Waals surface area contributed by atoms with Crippen molar-refractivity contribution in [3.8, 4) is 0 Å². The summed E-state index contributed by atoms with van der Waals surface area (Å²) in [7, 11) is -2.95. The van der Waals surface area contributed by atoms with E-state index in [1.165, 1.54) is 0 Å². The Morgan fingerprint density at radius 1 is 1.45 bits per heavy atom. The number of aromatic nitrogens is 1. The van der Waals surface area contributed by atoms with Gasteiger partial charge in [0.2, 0.25) is 0 Å². The Morgan fingerprint density at radius 2 is 2.05 bits per heavy atom. The number of thiazole rings is 1. The van der Waals surface area contributed by atoms with Gasteiger partial charge in [-0.2, -0.15) is 0 Å². The molecule has 1 atom stereocenters. The Balaban J connectivity index is 2.27. The molecule has 1 saturated heterocycles. The maximum absolute atomic E-state index is 11.4. The monoisotopic (exact) mass is 318 g/mol. The number of anilines is 1. The molecule has 0 aromatic carbocycles. The van der Waals surface area contributed by atoms with Crippen molar-refractivity contribution in [3.05, 3.63) is 10.6 Å². The predicted octanol–water partition coefficient (Wildman–Crippen LogP) is 1.59. The van der Waals surface area contributed by atoms with Crippen molar-refractivity contribution in [1.82, 2.24) is 4.98 Å². The zero-order valence-electron chi connectivity index (χ0n) is 11.5. The summed E-state index contributed by atoms with van der Waals surface area (Å²) in [5.41, 5.74) is 0.605. The quantitative estimate of drug-likeness (QED) is 0.907. The summed E-state index contributed by atoms with van der Waals surface area (Å²) in [6.45, 7) is 4.71. The van der Waals surface area contributed by atoms with Crippen LogP contribution in [0.5, 0.6) is 0 Å². The van der Waals surface area contributed by atoms with E-state index in [-0.39, 0.29) is 22.3 Å². The van der Waals surface area contributed by atoms with Crippen LogP contribution in [-0.4, -0.2) is 49.1 Å². The lowest BCUT2D eigenvalue weighted by Crippen LogP contribution is -2.40. The lowest BCUT2D eigenvalue weighted by molar-refractivity contribution is 0.0700. The Labute approximate surface area is 122 Å². The molecule has 6 nitrogen and oxygen atoms in total. The molecule has 0 aliphatic carbocycles. The minimum atomic E-state index is -2.95.